The Balaban J connectivity index is 2.18. The number of likely N-dealkylation sites (tertiary alicyclic amines) is 1. The number of nitrogens with zero attached hydrogens (tertiary/aromatic N) is 4. The van der Waals surface area contributed by atoms with Gasteiger partial charge < -0.3 is 9.64 Å². The van der Waals surface area contributed by atoms with E-state index in [-0.39, 0.29) is 18.8 Å². The predicted molar refractivity (Wildman–Crippen MR) is 75.3 cm³/mol. The molecule has 1 aromatic rings. The van der Waals surface area contributed by atoms with Gasteiger partial charge in [0.15, 0.2) is 0 Å². The molecule has 1 fully saturated rings. The van der Waals surface area contributed by atoms with E-state index in [0.29, 0.717) is 0 Å². The van der Waals surface area contributed by atoms with E-state index in [1.807, 2.05) is 0 Å². The number of hydrogen-bond acceptors (Lipinski definition) is 5. The molecule has 23 heavy (non-hydrogen) atoms. The van der Waals surface area contributed by atoms with Crippen LogP contribution in [0.4, 0.5) is 19.3 Å². The summed E-state index contributed by atoms with van der Waals surface area (Å²) in [7, 11) is 0. The number of aromatic nitrogens is 2. The van der Waals surface area contributed by atoms with E-state index in [1.165, 1.54) is 4.90 Å². The van der Waals surface area contributed by atoms with Crippen molar-refractivity contribution in [2.75, 3.05) is 13.1 Å². The zero-order valence-corrected chi connectivity index (χ0v) is 13.0. The van der Waals surface area contributed by atoms with Gasteiger partial charge in [-0.1, -0.05) is 0 Å². The molecular formula is C13H18F2N4O4. The van der Waals surface area contributed by atoms with Crippen molar-refractivity contribution >= 4 is 11.8 Å². The predicted octanol–water partition coefficient (Wildman–Crippen LogP) is 2.61. The quantitative estimate of drug-likeness (QED) is 0.613. The van der Waals surface area contributed by atoms with E-state index in [2.05, 4.69) is 5.10 Å². The molecule has 0 N–H and O–H groups in total. The van der Waals surface area contributed by atoms with Gasteiger partial charge in [0.05, 0.1) is 11.5 Å². The van der Waals surface area contributed by atoms with Crippen LogP contribution in [-0.2, 0) is 4.74 Å². The lowest BCUT2D eigenvalue weighted by molar-refractivity contribution is -0.385. The molecule has 1 aromatic heterocycles. The molecule has 2 rings (SSSR count). The molecule has 128 valence electrons. The summed E-state index contributed by atoms with van der Waals surface area (Å²) < 4.78 is 34.3. The highest BCUT2D eigenvalue weighted by atomic mass is 19.3. The van der Waals surface area contributed by atoms with Gasteiger partial charge in [0, 0.05) is 13.0 Å². The fourth-order valence-corrected chi connectivity index (χ4v) is 2.25. The van der Waals surface area contributed by atoms with Crippen LogP contribution in [0.25, 0.3) is 0 Å². The van der Waals surface area contributed by atoms with Crippen molar-refractivity contribution in [3.63, 3.8) is 0 Å². The Morgan fingerprint density at radius 2 is 2.17 bits per heavy atom. The van der Waals surface area contributed by atoms with E-state index in [4.69, 9.17) is 4.74 Å². The van der Waals surface area contributed by atoms with Crippen LogP contribution in [0, 0.1) is 10.1 Å². The topological polar surface area (TPSA) is 90.5 Å². The number of alkyl halides is 2. The second-order valence-corrected chi connectivity index (χ2v) is 6.39. The van der Waals surface area contributed by atoms with Crippen LogP contribution in [0.1, 0.15) is 33.2 Å². The molecule has 1 aliphatic heterocycles. The van der Waals surface area contributed by atoms with Gasteiger partial charge >= 0.3 is 11.8 Å². The molecule has 1 unspecified atom stereocenters. The monoisotopic (exact) mass is 332 g/mol. The molecular weight excluding hydrogens is 314 g/mol. The van der Waals surface area contributed by atoms with Gasteiger partial charge in [-0.2, -0.15) is 5.10 Å². The molecule has 10 heteroatoms. The summed E-state index contributed by atoms with van der Waals surface area (Å²) in [5, 5.41) is 14.3. The van der Waals surface area contributed by atoms with Crippen molar-refractivity contribution in [1.29, 1.82) is 0 Å². The Hall–Kier alpha value is -2.26. The number of carbonyl (C=O) groups is 1. The lowest BCUT2D eigenvalue weighted by Crippen LogP contribution is -2.51. The molecule has 0 bridgehead atoms. The fraction of sp³-hybridized carbons (Fsp3) is 0.692. The average Bonchev–Trinajstić information content (AvgIpc) is 2.85. The molecule has 1 amide bonds. The molecule has 0 spiro atoms. The van der Waals surface area contributed by atoms with Crippen molar-refractivity contribution in [1.82, 2.24) is 14.7 Å². The van der Waals surface area contributed by atoms with Gasteiger partial charge in [-0.3, -0.25) is 14.8 Å². The maximum absolute atomic E-state index is 14.1. The lowest BCUT2D eigenvalue weighted by Gasteiger charge is -2.38. The van der Waals surface area contributed by atoms with Gasteiger partial charge in [0.2, 0.25) is 0 Å². The van der Waals surface area contributed by atoms with E-state index >= 15 is 0 Å². The summed E-state index contributed by atoms with van der Waals surface area (Å²) in [5.74, 6) is -3.13. The van der Waals surface area contributed by atoms with Gasteiger partial charge in [0.1, 0.15) is 24.0 Å². The highest BCUT2D eigenvalue weighted by molar-refractivity contribution is 5.68. The Labute approximate surface area is 131 Å². The smallest absolute Gasteiger partial charge is 0.410 e. The van der Waals surface area contributed by atoms with Crippen LogP contribution in [0.5, 0.6) is 0 Å². The summed E-state index contributed by atoms with van der Waals surface area (Å²) >= 11 is 0. The molecule has 0 aliphatic carbocycles. The van der Waals surface area contributed by atoms with Crippen LogP contribution in [0.3, 0.4) is 0 Å². The second kappa shape index (κ2) is 5.74. The van der Waals surface area contributed by atoms with E-state index in [9.17, 15) is 23.7 Å². The summed E-state index contributed by atoms with van der Waals surface area (Å²) in [6, 6.07) is -1.47. The first-order valence-corrected chi connectivity index (χ1v) is 7.04. The van der Waals surface area contributed by atoms with Crippen LogP contribution < -0.4 is 0 Å². The Kier molecular flexibility index (Phi) is 4.27. The fourth-order valence-electron chi connectivity index (χ4n) is 2.25. The summed E-state index contributed by atoms with van der Waals surface area (Å²) in [5.41, 5.74) is -1.12. The van der Waals surface area contributed by atoms with Gasteiger partial charge in [0.25, 0.3) is 5.92 Å². The second-order valence-electron chi connectivity index (χ2n) is 6.39. The van der Waals surface area contributed by atoms with Crippen LogP contribution in [-0.4, -0.2) is 50.3 Å². The number of rotatable bonds is 2. The van der Waals surface area contributed by atoms with Gasteiger partial charge in [-0.15, -0.1) is 0 Å². The third kappa shape index (κ3) is 3.93. The maximum Gasteiger partial charge on any atom is 0.410 e. The van der Waals surface area contributed by atoms with Crippen molar-refractivity contribution in [2.24, 2.45) is 0 Å². The number of halogens is 2. The molecule has 0 aromatic carbocycles. The third-order valence-electron chi connectivity index (χ3n) is 3.37. The lowest BCUT2D eigenvalue weighted by atomic mass is 10.0. The van der Waals surface area contributed by atoms with Crippen molar-refractivity contribution in [3.05, 3.63) is 22.5 Å². The summed E-state index contributed by atoms with van der Waals surface area (Å²) in [4.78, 5) is 23.2. The molecule has 1 saturated heterocycles. The standard InChI is InChI=1S/C13H18F2N4O4/c1-12(2,3)23-11(20)17-5-4-13(14,15)10(8-17)18-7-9(6-16-18)19(21)22/h6-7,10H,4-5,8H2,1-3H3. The largest absolute Gasteiger partial charge is 0.444 e. The molecule has 8 nitrogen and oxygen atoms in total. The van der Waals surface area contributed by atoms with Crippen molar-refractivity contribution < 1.29 is 23.2 Å². The van der Waals surface area contributed by atoms with Gasteiger partial charge in [-0.05, 0) is 20.8 Å². The highest BCUT2D eigenvalue weighted by Gasteiger charge is 2.47. The summed E-state index contributed by atoms with van der Waals surface area (Å²) in [6.45, 7) is 4.55. The van der Waals surface area contributed by atoms with E-state index in [0.717, 1.165) is 17.1 Å². The number of amides is 1. The van der Waals surface area contributed by atoms with Gasteiger partial charge in [-0.25, -0.2) is 13.6 Å². The van der Waals surface area contributed by atoms with E-state index in [1.54, 1.807) is 20.8 Å². The number of carbonyl (C=O) groups excluding carboxylic acids is 1. The first-order chi connectivity index (χ1) is 10.5. The maximum atomic E-state index is 14.1. The van der Waals surface area contributed by atoms with Crippen molar-refractivity contribution in [3.8, 4) is 0 Å². The van der Waals surface area contributed by atoms with Crippen molar-refractivity contribution in [2.45, 2.75) is 44.8 Å². The number of hydrogen-bond donors (Lipinski definition) is 0. The van der Waals surface area contributed by atoms with Crippen LogP contribution in [0.2, 0.25) is 0 Å². The highest BCUT2D eigenvalue weighted by Crippen LogP contribution is 2.37. The average molecular weight is 332 g/mol. The zero-order chi connectivity index (χ0) is 17.4. The SMILES string of the molecule is CC(C)(C)OC(=O)N1CCC(F)(F)C(n2cc([N+](=O)[O-])cn2)C1. The van der Waals surface area contributed by atoms with Crippen LogP contribution in [0.15, 0.2) is 12.4 Å². The Morgan fingerprint density at radius 3 is 2.70 bits per heavy atom. The first kappa shape index (κ1) is 17.1. The summed E-state index contributed by atoms with van der Waals surface area (Å²) in [6.07, 6.45) is 0.587. The Bertz CT molecular complexity index is 611. The minimum atomic E-state index is -3.13. The van der Waals surface area contributed by atoms with Crippen LogP contribution >= 0.6 is 0 Å². The third-order valence-corrected chi connectivity index (χ3v) is 3.37. The molecule has 0 radical (unpaired) electrons. The van der Waals surface area contributed by atoms with E-state index < -0.39 is 35.0 Å². The number of piperidine rings is 1. The minimum Gasteiger partial charge on any atom is -0.444 e. The molecule has 1 aliphatic rings. The minimum absolute atomic E-state index is 0.151. The molecule has 1 atom stereocenters. The normalized spacial score (nSPS) is 21.1. The molecule has 2 heterocycles. The number of ether oxygens (including phenoxy) is 1. The number of nitro groups is 1. The molecule has 0 saturated carbocycles. The zero-order valence-electron chi connectivity index (χ0n) is 13.0. The first-order valence-electron chi connectivity index (χ1n) is 7.04. The Morgan fingerprint density at radius 1 is 1.52 bits per heavy atom.